The summed E-state index contributed by atoms with van der Waals surface area (Å²) in [5.41, 5.74) is 13.0. The van der Waals surface area contributed by atoms with Crippen molar-refractivity contribution >= 4 is 17.3 Å². The van der Waals surface area contributed by atoms with Crippen molar-refractivity contribution in [2.24, 2.45) is 0 Å². The number of nitrogens with zero attached hydrogens (tertiary/aromatic N) is 1. The fourth-order valence-electron chi connectivity index (χ4n) is 5.48. The third-order valence-corrected chi connectivity index (χ3v) is 7.34. The Kier molecular flexibility index (Phi) is 7.24. The minimum Gasteiger partial charge on any atom is -0.489 e. The molecule has 2 N–H and O–H groups in total. The van der Waals surface area contributed by atoms with Crippen LogP contribution in [0.5, 0.6) is 5.75 Å². The molecule has 2 aliphatic carbocycles. The number of likely N-dealkylation sites (tertiary alicyclic amines) is 1. The minimum absolute atomic E-state index is 0.102. The summed E-state index contributed by atoms with van der Waals surface area (Å²) in [7, 11) is 0. The first-order chi connectivity index (χ1) is 17.4. The second kappa shape index (κ2) is 10.6. The van der Waals surface area contributed by atoms with Crippen LogP contribution in [0.15, 0.2) is 65.8 Å². The molecule has 0 radical (unpaired) electrons. The van der Waals surface area contributed by atoms with Gasteiger partial charge in [-0.3, -0.25) is 9.29 Å². The maximum absolute atomic E-state index is 13.9. The van der Waals surface area contributed by atoms with Crippen LogP contribution in [0.4, 0.5) is 18.9 Å². The van der Waals surface area contributed by atoms with Gasteiger partial charge in [-0.05, 0) is 83.4 Å². The van der Waals surface area contributed by atoms with Crippen molar-refractivity contribution in [3.8, 4) is 5.75 Å². The highest BCUT2D eigenvalue weighted by Gasteiger charge is 2.32. The molecule has 0 saturated carbocycles. The number of allylic oxidation sites excluding steroid dienone is 4. The number of ether oxygens (including phenoxy) is 1. The molecule has 1 heterocycles. The largest absolute Gasteiger partial charge is 0.489 e. The van der Waals surface area contributed by atoms with Crippen molar-refractivity contribution in [1.29, 1.82) is 0 Å². The summed E-state index contributed by atoms with van der Waals surface area (Å²) in [4.78, 5) is 2.25. The lowest BCUT2D eigenvalue weighted by molar-refractivity contribution is -0.00835. The summed E-state index contributed by atoms with van der Waals surface area (Å²) in [5.74, 6) is -1.82. The number of hydrogen-bond donors (Lipinski definition) is 1. The Morgan fingerprint density at radius 1 is 1.11 bits per heavy atom. The average molecular weight is 495 g/mol. The molecule has 0 amide bonds. The van der Waals surface area contributed by atoms with Crippen molar-refractivity contribution in [1.82, 2.24) is 4.90 Å². The van der Waals surface area contributed by atoms with Crippen LogP contribution in [-0.2, 0) is 0 Å². The molecule has 0 aromatic heterocycles. The van der Waals surface area contributed by atoms with E-state index in [-0.39, 0.29) is 25.6 Å². The van der Waals surface area contributed by atoms with Crippen molar-refractivity contribution in [3.63, 3.8) is 0 Å². The summed E-state index contributed by atoms with van der Waals surface area (Å²) < 4.78 is 46.5. The topological polar surface area (TPSA) is 38.5 Å². The van der Waals surface area contributed by atoms with Crippen LogP contribution in [0.25, 0.3) is 11.6 Å². The van der Waals surface area contributed by atoms with Gasteiger partial charge in [0.05, 0.1) is 6.67 Å². The number of rotatable bonds is 7. The molecule has 0 spiro atoms. The summed E-state index contributed by atoms with van der Waals surface area (Å²) in [5, 5.41) is 0. The summed E-state index contributed by atoms with van der Waals surface area (Å²) in [6, 6.07) is 14.0. The van der Waals surface area contributed by atoms with Gasteiger partial charge in [0.1, 0.15) is 11.9 Å². The maximum Gasteiger partial charge on any atom is 0.251 e. The molecule has 1 atom stereocenters. The number of benzene rings is 2. The lowest BCUT2D eigenvalue weighted by Crippen LogP contribution is -2.26. The molecule has 1 unspecified atom stereocenters. The van der Waals surface area contributed by atoms with Crippen LogP contribution in [0, 0.1) is 0 Å². The molecule has 2 aromatic rings. The van der Waals surface area contributed by atoms with Crippen LogP contribution in [0.3, 0.4) is 0 Å². The molecule has 3 nitrogen and oxygen atoms in total. The van der Waals surface area contributed by atoms with E-state index >= 15 is 0 Å². The number of fused-ring (bicyclic) bond motifs is 1. The second-order valence-electron chi connectivity index (χ2n) is 9.99. The highest BCUT2D eigenvalue weighted by atomic mass is 19.3. The zero-order chi connectivity index (χ0) is 25.1. The molecule has 190 valence electrons. The molecule has 2 aromatic carbocycles. The molecule has 1 fully saturated rings. The van der Waals surface area contributed by atoms with Crippen LogP contribution in [0.1, 0.15) is 55.2 Å². The third-order valence-electron chi connectivity index (χ3n) is 7.34. The van der Waals surface area contributed by atoms with Crippen LogP contribution < -0.4 is 10.5 Å². The number of halogens is 3. The first-order valence-electron chi connectivity index (χ1n) is 12.8. The van der Waals surface area contributed by atoms with E-state index < -0.39 is 5.92 Å². The Hall–Kier alpha value is -2.99. The smallest absolute Gasteiger partial charge is 0.251 e. The first-order valence-corrected chi connectivity index (χ1v) is 12.8. The standard InChI is InChI=1S/C30H33F3N2O/c31-16-2-17-35-18-13-26(20-35)36-25-8-5-22(6-9-25)29-27(21-11-14-30(32,33)15-12-21)4-1-3-23-19-24(34)7-10-28(23)29/h1,3,5-11,19,26H,2,4,12-18,20,34H2. The van der Waals surface area contributed by atoms with E-state index in [2.05, 4.69) is 29.2 Å². The minimum atomic E-state index is -2.63. The van der Waals surface area contributed by atoms with Gasteiger partial charge in [-0.25, -0.2) is 8.78 Å². The molecular weight excluding hydrogens is 461 g/mol. The van der Waals surface area contributed by atoms with Crippen LogP contribution in [-0.4, -0.2) is 43.2 Å². The zero-order valence-corrected chi connectivity index (χ0v) is 20.5. The number of nitrogen functional groups attached to an aromatic ring is 1. The van der Waals surface area contributed by atoms with Gasteiger partial charge in [0.15, 0.2) is 0 Å². The van der Waals surface area contributed by atoms with Crippen LogP contribution in [0.2, 0.25) is 0 Å². The molecule has 1 saturated heterocycles. The Balaban J connectivity index is 1.45. The quantitative estimate of drug-likeness (QED) is 0.419. The van der Waals surface area contributed by atoms with Gasteiger partial charge in [-0.15, -0.1) is 0 Å². The monoisotopic (exact) mass is 494 g/mol. The molecule has 5 rings (SSSR count). The fourth-order valence-corrected chi connectivity index (χ4v) is 5.48. The number of anilines is 1. The SMILES string of the molecule is Nc1ccc2c(c1)C=CCC(C1=CCC(F)(F)CC1)=C2c1ccc(OC2CCN(CCCF)C2)cc1. The summed E-state index contributed by atoms with van der Waals surface area (Å²) in [6.45, 7) is 2.23. The molecule has 1 aliphatic heterocycles. The third kappa shape index (κ3) is 5.54. The summed E-state index contributed by atoms with van der Waals surface area (Å²) in [6.07, 6.45) is 8.20. The van der Waals surface area contributed by atoms with E-state index in [1.54, 1.807) is 6.08 Å². The predicted octanol–water partition coefficient (Wildman–Crippen LogP) is 7.05. The van der Waals surface area contributed by atoms with Crippen LogP contribution >= 0.6 is 0 Å². The predicted molar refractivity (Wildman–Crippen MR) is 140 cm³/mol. The van der Waals surface area contributed by atoms with Crippen molar-refractivity contribution < 1.29 is 17.9 Å². The van der Waals surface area contributed by atoms with E-state index in [0.29, 0.717) is 24.9 Å². The van der Waals surface area contributed by atoms with Gasteiger partial charge < -0.3 is 10.5 Å². The van der Waals surface area contributed by atoms with Crippen molar-refractivity contribution in [2.75, 3.05) is 32.0 Å². The highest BCUT2D eigenvalue weighted by molar-refractivity contribution is 5.90. The molecule has 36 heavy (non-hydrogen) atoms. The normalized spacial score (nSPS) is 21.8. The lowest BCUT2D eigenvalue weighted by atomic mass is 9.83. The molecule has 3 aliphatic rings. The average Bonchev–Trinajstić information content (AvgIpc) is 3.22. The van der Waals surface area contributed by atoms with E-state index in [4.69, 9.17) is 10.5 Å². The van der Waals surface area contributed by atoms with Gasteiger partial charge in [-0.2, -0.15) is 0 Å². The van der Waals surface area contributed by atoms with E-state index in [1.165, 1.54) is 0 Å². The Morgan fingerprint density at radius 3 is 2.69 bits per heavy atom. The Bertz CT molecular complexity index is 1180. The molecular formula is C30H33F3N2O. The van der Waals surface area contributed by atoms with E-state index in [9.17, 15) is 13.2 Å². The molecule has 0 bridgehead atoms. The Morgan fingerprint density at radius 2 is 1.94 bits per heavy atom. The van der Waals surface area contributed by atoms with Gasteiger partial charge in [0.2, 0.25) is 0 Å². The highest BCUT2D eigenvalue weighted by Crippen LogP contribution is 2.42. The lowest BCUT2D eigenvalue weighted by Gasteiger charge is -2.25. The van der Waals surface area contributed by atoms with Gasteiger partial charge in [0, 0.05) is 38.2 Å². The van der Waals surface area contributed by atoms with E-state index in [0.717, 1.165) is 65.2 Å². The number of alkyl halides is 3. The van der Waals surface area contributed by atoms with Crippen molar-refractivity contribution in [3.05, 3.63) is 82.5 Å². The zero-order valence-electron chi connectivity index (χ0n) is 20.5. The van der Waals surface area contributed by atoms with E-state index in [1.807, 2.05) is 30.3 Å². The van der Waals surface area contributed by atoms with Gasteiger partial charge >= 0.3 is 0 Å². The second-order valence-corrected chi connectivity index (χ2v) is 9.99. The number of hydrogen-bond acceptors (Lipinski definition) is 3. The van der Waals surface area contributed by atoms with Gasteiger partial charge in [-0.1, -0.05) is 36.4 Å². The maximum atomic E-state index is 13.9. The number of nitrogens with two attached hydrogens (primary N) is 1. The summed E-state index contributed by atoms with van der Waals surface area (Å²) >= 11 is 0. The fraction of sp³-hybridized carbons (Fsp3) is 0.400. The Labute approximate surface area is 211 Å². The van der Waals surface area contributed by atoms with Gasteiger partial charge in [0.25, 0.3) is 5.92 Å². The van der Waals surface area contributed by atoms with Crippen molar-refractivity contribution in [2.45, 2.75) is 50.6 Å². The first kappa shape index (κ1) is 24.7. The molecule has 6 heteroatoms.